The second-order valence-corrected chi connectivity index (χ2v) is 5.02. The molecule has 0 bridgehead atoms. The van der Waals surface area contributed by atoms with Gasteiger partial charge in [-0.05, 0) is 39.0 Å². The lowest BCUT2D eigenvalue weighted by molar-refractivity contribution is -0.0633. The van der Waals surface area contributed by atoms with Crippen LogP contribution in [0.4, 0.5) is 5.69 Å². The molecule has 1 aromatic carbocycles. The number of anilines is 1. The van der Waals surface area contributed by atoms with Crippen molar-refractivity contribution >= 4 is 21.6 Å². The molecule has 3 heteroatoms. The molecule has 76 valence electrons. The molecule has 0 amide bonds. The maximum absolute atomic E-state index is 5.82. The third-order valence-corrected chi connectivity index (χ3v) is 2.95. The van der Waals surface area contributed by atoms with Gasteiger partial charge in [-0.2, -0.15) is 0 Å². The van der Waals surface area contributed by atoms with Crippen molar-refractivity contribution in [1.29, 1.82) is 0 Å². The molecule has 0 aliphatic carbocycles. The highest BCUT2D eigenvalue weighted by Gasteiger charge is 2.31. The summed E-state index contributed by atoms with van der Waals surface area (Å²) in [6, 6.07) is 6.23. The van der Waals surface area contributed by atoms with Crippen molar-refractivity contribution in [2.45, 2.75) is 32.6 Å². The van der Waals surface area contributed by atoms with Crippen molar-refractivity contribution in [1.82, 2.24) is 0 Å². The molecule has 1 N–H and O–H groups in total. The minimum absolute atomic E-state index is 0.0682. The van der Waals surface area contributed by atoms with E-state index >= 15 is 0 Å². The highest BCUT2D eigenvalue weighted by atomic mass is 79.9. The Morgan fingerprint density at radius 3 is 2.86 bits per heavy atom. The topological polar surface area (TPSA) is 21.3 Å². The first-order chi connectivity index (χ1) is 6.49. The predicted molar refractivity (Wildman–Crippen MR) is 61.3 cm³/mol. The van der Waals surface area contributed by atoms with Gasteiger partial charge in [0, 0.05) is 15.7 Å². The van der Waals surface area contributed by atoms with Gasteiger partial charge in [-0.15, -0.1) is 0 Å². The fourth-order valence-corrected chi connectivity index (χ4v) is 2.26. The highest BCUT2D eigenvalue weighted by molar-refractivity contribution is 9.10. The lowest BCUT2D eigenvalue weighted by Crippen LogP contribution is -2.37. The maximum Gasteiger partial charge on any atom is 0.126 e. The summed E-state index contributed by atoms with van der Waals surface area (Å²) in [6.45, 7) is 6.21. The van der Waals surface area contributed by atoms with Crippen LogP contribution < -0.4 is 5.32 Å². The molecular formula is C11H14BrNO. The molecule has 0 saturated carbocycles. The molecule has 0 fully saturated rings. The van der Waals surface area contributed by atoms with E-state index in [0.717, 1.165) is 10.2 Å². The number of ether oxygens (including phenoxy) is 1. The van der Waals surface area contributed by atoms with E-state index in [4.69, 9.17) is 4.74 Å². The van der Waals surface area contributed by atoms with E-state index in [1.165, 1.54) is 5.56 Å². The number of nitrogens with one attached hydrogen (secondary N) is 1. The van der Waals surface area contributed by atoms with Crippen LogP contribution in [0, 0.1) is 0 Å². The molecule has 1 heterocycles. The quantitative estimate of drug-likeness (QED) is 0.767. The van der Waals surface area contributed by atoms with Crippen molar-refractivity contribution in [3.05, 3.63) is 28.2 Å². The molecule has 0 radical (unpaired) electrons. The maximum atomic E-state index is 5.82. The highest BCUT2D eigenvalue weighted by Crippen LogP contribution is 2.38. The Hall–Kier alpha value is -0.540. The van der Waals surface area contributed by atoms with Crippen LogP contribution in [-0.2, 0) is 10.3 Å². The Balaban J connectivity index is 2.53. The molecule has 1 unspecified atom stereocenters. The first-order valence-corrected chi connectivity index (χ1v) is 5.53. The molecular weight excluding hydrogens is 242 g/mol. The number of fused-ring (bicyclic) bond motifs is 1. The summed E-state index contributed by atoms with van der Waals surface area (Å²) in [4.78, 5) is 0. The number of rotatable bonds is 0. The molecule has 0 saturated heterocycles. The van der Waals surface area contributed by atoms with Gasteiger partial charge in [0.25, 0.3) is 0 Å². The van der Waals surface area contributed by atoms with Crippen LogP contribution in [0.25, 0.3) is 0 Å². The Morgan fingerprint density at radius 1 is 1.43 bits per heavy atom. The number of hydrogen-bond donors (Lipinski definition) is 1. The van der Waals surface area contributed by atoms with Crippen LogP contribution in [0.3, 0.4) is 0 Å². The first kappa shape index (κ1) is 9.99. The van der Waals surface area contributed by atoms with Gasteiger partial charge in [-0.25, -0.2) is 0 Å². The third-order valence-electron chi connectivity index (χ3n) is 2.46. The van der Waals surface area contributed by atoms with Gasteiger partial charge in [-0.1, -0.05) is 15.9 Å². The average molecular weight is 256 g/mol. The van der Waals surface area contributed by atoms with Gasteiger partial charge in [0.1, 0.15) is 6.23 Å². The van der Waals surface area contributed by atoms with Gasteiger partial charge >= 0.3 is 0 Å². The fourth-order valence-electron chi connectivity index (χ4n) is 1.89. The van der Waals surface area contributed by atoms with E-state index in [2.05, 4.69) is 47.2 Å². The SMILES string of the molecule is CC1Nc2ccc(Br)cc2C(C)(C)O1. The summed E-state index contributed by atoms with van der Waals surface area (Å²) in [5, 5.41) is 3.30. The van der Waals surface area contributed by atoms with Crippen molar-refractivity contribution in [3.8, 4) is 0 Å². The van der Waals surface area contributed by atoms with E-state index in [1.807, 2.05) is 13.0 Å². The molecule has 0 spiro atoms. The zero-order chi connectivity index (χ0) is 10.3. The normalized spacial score (nSPS) is 23.9. The Morgan fingerprint density at radius 2 is 2.14 bits per heavy atom. The zero-order valence-corrected chi connectivity index (χ0v) is 10.2. The van der Waals surface area contributed by atoms with Crippen molar-refractivity contribution in [2.75, 3.05) is 5.32 Å². The van der Waals surface area contributed by atoms with Crippen molar-refractivity contribution < 1.29 is 4.74 Å². The largest absolute Gasteiger partial charge is 0.360 e. The van der Waals surface area contributed by atoms with Gasteiger partial charge < -0.3 is 10.1 Å². The van der Waals surface area contributed by atoms with Crippen molar-refractivity contribution in [2.24, 2.45) is 0 Å². The molecule has 0 aromatic heterocycles. The minimum Gasteiger partial charge on any atom is -0.360 e. The molecule has 1 atom stereocenters. The number of hydrogen-bond acceptors (Lipinski definition) is 2. The smallest absolute Gasteiger partial charge is 0.126 e. The number of halogens is 1. The summed E-state index contributed by atoms with van der Waals surface area (Å²) >= 11 is 3.47. The van der Waals surface area contributed by atoms with Crippen LogP contribution in [0.15, 0.2) is 22.7 Å². The van der Waals surface area contributed by atoms with Crippen LogP contribution in [0.1, 0.15) is 26.3 Å². The molecule has 2 nitrogen and oxygen atoms in total. The molecule has 1 aliphatic heterocycles. The zero-order valence-electron chi connectivity index (χ0n) is 8.60. The fraction of sp³-hybridized carbons (Fsp3) is 0.455. The van der Waals surface area contributed by atoms with Gasteiger partial charge in [0.15, 0.2) is 0 Å². The second kappa shape index (κ2) is 3.24. The standard InChI is InChI=1S/C11H14BrNO/c1-7-13-10-5-4-8(12)6-9(10)11(2,3)14-7/h4-7,13H,1-3H3. The van der Waals surface area contributed by atoms with Gasteiger partial charge in [-0.3, -0.25) is 0 Å². The van der Waals surface area contributed by atoms with E-state index in [1.54, 1.807) is 0 Å². The number of benzene rings is 1. The molecule has 14 heavy (non-hydrogen) atoms. The Labute approximate surface area is 92.8 Å². The third kappa shape index (κ3) is 1.66. The molecule has 1 aliphatic rings. The summed E-state index contributed by atoms with van der Waals surface area (Å²) in [5.41, 5.74) is 2.14. The van der Waals surface area contributed by atoms with E-state index in [9.17, 15) is 0 Å². The van der Waals surface area contributed by atoms with Crippen LogP contribution in [-0.4, -0.2) is 6.23 Å². The van der Waals surface area contributed by atoms with Crippen LogP contribution >= 0.6 is 15.9 Å². The first-order valence-electron chi connectivity index (χ1n) is 4.73. The van der Waals surface area contributed by atoms with E-state index < -0.39 is 0 Å². The van der Waals surface area contributed by atoms with Gasteiger partial charge in [0.2, 0.25) is 0 Å². The predicted octanol–water partition coefficient (Wildman–Crippen LogP) is 3.47. The molecule has 2 rings (SSSR count). The summed E-state index contributed by atoms with van der Waals surface area (Å²) < 4.78 is 6.91. The Kier molecular flexibility index (Phi) is 2.32. The van der Waals surface area contributed by atoms with Crippen LogP contribution in [0.2, 0.25) is 0 Å². The minimum atomic E-state index is -0.218. The molecule has 1 aromatic rings. The van der Waals surface area contributed by atoms with Crippen LogP contribution in [0.5, 0.6) is 0 Å². The summed E-state index contributed by atoms with van der Waals surface area (Å²) in [6.07, 6.45) is 0.0682. The second-order valence-electron chi connectivity index (χ2n) is 4.10. The van der Waals surface area contributed by atoms with Crippen molar-refractivity contribution in [3.63, 3.8) is 0 Å². The average Bonchev–Trinajstić information content (AvgIpc) is 2.05. The lowest BCUT2D eigenvalue weighted by atomic mass is 9.94. The van der Waals surface area contributed by atoms with Gasteiger partial charge in [0.05, 0.1) is 5.60 Å². The van der Waals surface area contributed by atoms with E-state index in [0.29, 0.717) is 0 Å². The monoisotopic (exact) mass is 255 g/mol. The Bertz CT molecular complexity index is 362. The summed E-state index contributed by atoms with van der Waals surface area (Å²) in [7, 11) is 0. The summed E-state index contributed by atoms with van der Waals surface area (Å²) in [5.74, 6) is 0. The lowest BCUT2D eigenvalue weighted by Gasteiger charge is -2.37. The van der Waals surface area contributed by atoms with E-state index in [-0.39, 0.29) is 11.8 Å².